The fourth-order valence-electron chi connectivity index (χ4n) is 4.07. The van der Waals surface area contributed by atoms with Crippen molar-refractivity contribution in [1.82, 2.24) is 9.88 Å². The normalized spacial score (nSPS) is 31.2. The van der Waals surface area contributed by atoms with Gasteiger partial charge in [0, 0.05) is 30.6 Å². The number of ether oxygens (including phenoxy) is 1. The molecule has 1 saturated heterocycles. The number of fused-ring (bicyclic) bond motifs is 1. The van der Waals surface area contributed by atoms with Crippen LogP contribution in [0.1, 0.15) is 32.1 Å². The molecule has 3 aliphatic rings. The number of pyridine rings is 1. The molecular weight excluding hydrogens is 264 g/mol. The second kappa shape index (κ2) is 5.00. The zero-order valence-corrected chi connectivity index (χ0v) is 12.3. The number of nitrogens with zero attached hydrogens (tertiary/aromatic N) is 2. The Hall–Kier alpha value is -1.58. The Labute approximate surface area is 125 Å². The number of hydrogen-bond donors (Lipinski definition) is 0. The van der Waals surface area contributed by atoms with Gasteiger partial charge in [0.1, 0.15) is 5.75 Å². The molecule has 0 radical (unpaired) electrons. The zero-order chi connectivity index (χ0) is 14.3. The molecule has 1 amide bonds. The molecule has 2 saturated carbocycles. The first kappa shape index (κ1) is 13.1. The summed E-state index contributed by atoms with van der Waals surface area (Å²) in [6.45, 7) is 2.57. The molecule has 2 heterocycles. The van der Waals surface area contributed by atoms with Crippen LogP contribution in [0.25, 0.3) is 0 Å². The first-order chi connectivity index (χ1) is 10.3. The molecule has 0 spiro atoms. The van der Waals surface area contributed by atoms with Crippen LogP contribution in [0.5, 0.6) is 5.75 Å². The summed E-state index contributed by atoms with van der Waals surface area (Å²) in [5.74, 6) is 2.19. The van der Waals surface area contributed by atoms with Crippen LogP contribution in [0.3, 0.4) is 0 Å². The van der Waals surface area contributed by atoms with Crippen molar-refractivity contribution < 1.29 is 9.53 Å². The average molecular weight is 286 g/mol. The van der Waals surface area contributed by atoms with Crippen LogP contribution in [0, 0.1) is 17.3 Å². The Balaban J connectivity index is 1.45. The molecule has 1 aromatic rings. The van der Waals surface area contributed by atoms with Gasteiger partial charge in [-0.2, -0.15) is 0 Å². The van der Waals surface area contributed by atoms with Crippen molar-refractivity contribution >= 4 is 5.91 Å². The zero-order valence-electron chi connectivity index (χ0n) is 12.3. The molecule has 0 N–H and O–H groups in total. The smallest absolute Gasteiger partial charge is 0.225 e. The minimum absolute atomic E-state index is 0.181. The van der Waals surface area contributed by atoms with Gasteiger partial charge in [-0.25, -0.2) is 0 Å². The topological polar surface area (TPSA) is 42.4 Å². The SMILES string of the molecule is O=C(C1CC1)N1C[C@H]2CCC[C@@]2(COc2cccnc2)C1. The number of rotatable bonds is 4. The molecular formula is C17H22N2O2. The van der Waals surface area contributed by atoms with E-state index in [1.54, 1.807) is 12.4 Å². The number of likely N-dealkylation sites (tertiary alicyclic amines) is 1. The molecule has 21 heavy (non-hydrogen) atoms. The van der Waals surface area contributed by atoms with Gasteiger partial charge in [-0.15, -0.1) is 0 Å². The molecule has 0 aromatic carbocycles. The molecule has 112 valence electrons. The molecule has 0 bridgehead atoms. The highest BCUT2D eigenvalue weighted by Gasteiger charge is 2.52. The van der Waals surface area contributed by atoms with Crippen molar-refractivity contribution in [2.45, 2.75) is 32.1 Å². The van der Waals surface area contributed by atoms with Gasteiger partial charge in [0.2, 0.25) is 5.91 Å². The summed E-state index contributed by atoms with van der Waals surface area (Å²) in [5, 5.41) is 0. The van der Waals surface area contributed by atoms with Gasteiger partial charge < -0.3 is 9.64 Å². The monoisotopic (exact) mass is 286 g/mol. The Bertz CT molecular complexity index is 529. The van der Waals surface area contributed by atoms with Gasteiger partial charge in [0.05, 0.1) is 12.8 Å². The highest BCUT2D eigenvalue weighted by Crippen LogP contribution is 2.49. The van der Waals surface area contributed by atoms with E-state index in [0.29, 0.717) is 17.7 Å². The van der Waals surface area contributed by atoms with E-state index in [1.807, 2.05) is 12.1 Å². The first-order valence-electron chi connectivity index (χ1n) is 8.08. The molecule has 0 unspecified atom stereocenters. The summed E-state index contributed by atoms with van der Waals surface area (Å²) in [7, 11) is 0. The third-order valence-electron chi connectivity index (χ3n) is 5.44. The van der Waals surface area contributed by atoms with Crippen LogP contribution < -0.4 is 4.74 Å². The second-order valence-electron chi connectivity index (χ2n) is 6.92. The summed E-state index contributed by atoms with van der Waals surface area (Å²) >= 11 is 0. The summed E-state index contributed by atoms with van der Waals surface area (Å²) in [5.41, 5.74) is 0.181. The van der Waals surface area contributed by atoms with Gasteiger partial charge in [-0.3, -0.25) is 9.78 Å². The minimum Gasteiger partial charge on any atom is -0.491 e. The molecule has 4 nitrogen and oxygen atoms in total. The number of aromatic nitrogens is 1. The van der Waals surface area contributed by atoms with Gasteiger partial charge in [-0.05, 0) is 43.7 Å². The van der Waals surface area contributed by atoms with Crippen LogP contribution >= 0.6 is 0 Å². The Morgan fingerprint density at radius 3 is 3.10 bits per heavy atom. The maximum atomic E-state index is 12.3. The Kier molecular flexibility index (Phi) is 3.12. The standard InChI is InChI=1S/C17H22N2O2/c20-16(13-5-6-13)19-10-14-3-1-7-17(14,11-19)12-21-15-4-2-8-18-9-15/h2,4,8-9,13-14H,1,3,5-7,10-12H2/t14-,17+/m1/s1. The lowest BCUT2D eigenvalue weighted by Gasteiger charge is -2.28. The van der Waals surface area contributed by atoms with Gasteiger partial charge in [-0.1, -0.05) is 6.42 Å². The van der Waals surface area contributed by atoms with Gasteiger partial charge in [0.15, 0.2) is 0 Å². The molecule has 4 rings (SSSR count). The van der Waals surface area contributed by atoms with Crippen molar-refractivity contribution in [1.29, 1.82) is 0 Å². The summed E-state index contributed by atoms with van der Waals surface area (Å²) in [6, 6.07) is 3.85. The third-order valence-corrected chi connectivity index (χ3v) is 5.44. The molecule has 4 heteroatoms. The maximum absolute atomic E-state index is 12.3. The molecule has 3 fully saturated rings. The summed E-state index contributed by atoms with van der Waals surface area (Å²) in [6.07, 6.45) is 9.42. The Morgan fingerprint density at radius 2 is 2.33 bits per heavy atom. The molecule has 2 atom stereocenters. The van der Waals surface area contributed by atoms with Crippen LogP contribution in [0.4, 0.5) is 0 Å². The predicted octanol–water partition coefficient (Wildman–Crippen LogP) is 2.50. The van der Waals surface area contributed by atoms with Crippen molar-refractivity contribution in [2.75, 3.05) is 19.7 Å². The van der Waals surface area contributed by atoms with E-state index >= 15 is 0 Å². The number of hydrogen-bond acceptors (Lipinski definition) is 3. The van der Waals surface area contributed by atoms with E-state index < -0.39 is 0 Å². The van der Waals surface area contributed by atoms with E-state index in [-0.39, 0.29) is 5.41 Å². The molecule has 1 aromatic heterocycles. The fourth-order valence-corrected chi connectivity index (χ4v) is 4.07. The predicted molar refractivity (Wildman–Crippen MR) is 78.8 cm³/mol. The van der Waals surface area contributed by atoms with Crippen LogP contribution in [-0.2, 0) is 4.79 Å². The fraction of sp³-hybridized carbons (Fsp3) is 0.647. The van der Waals surface area contributed by atoms with Crippen LogP contribution in [0.2, 0.25) is 0 Å². The first-order valence-corrected chi connectivity index (χ1v) is 8.08. The lowest BCUT2D eigenvalue weighted by Crippen LogP contribution is -2.36. The lowest BCUT2D eigenvalue weighted by atomic mass is 9.81. The highest BCUT2D eigenvalue weighted by molar-refractivity contribution is 5.81. The maximum Gasteiger partial charge on any atom is 0.225 e. The van der Waals surface area contributed by atoms with Crippen molar-refractivity contribution in [2.24, 2.45) is 17.3 Å². The van der Waals surface area contributed by atoms with E-state index in [2.05, 4.69) is 9.88 Å². The number of carbonyl (C=O) groups excluding carboxylic acids is 1. The van der Waals surface area contributed by atoms with E-state index in [9.17, 15) is 4.79 Å². The van der Waals surface area contributed by atoms with Crippen molar-refractivity contribution in [3.8, 4) is 5.75 Å². The molecule has 2 aliphatic carbocycles. The third kappa shape index (κ3) is 2.41. The Morgan fingerprint density at radius 1 is 1.43 bits per heavy atom. The van der Waals surface area contributed by atoms with Gasteiger partial charge in [0.25, 0.3) is 0 Å². The van der Waals surface area contributed by atoms with E-state index in [1.165, 1.54) is 19.3 Å². The summed E-state index contributed by atoms with van der Waals surface area (Å²) < 4.78 is 6.00. The number of carbonyl (C=O) groups is 1. The molecule has 1 aliphatic heterocycles. The largest absolute Gasteiger partial charge is 0.491 e. The van der Waals surface area contributed by atoms with Crippen molar-refractivity contribution in [3.63, 3.8) is 0 Å². The van der Waals surface area contributed by atoms with Crippen molar-refractivity contribution in [3.05, 3.63) is 24.5 Å². The van der Waals surface area contributed by atoms with Gasteiger partial charge >= 0.3 is 0 Å². The summed E-state index contributed by atoms with van der Waals surface area (Å²) in [4.78, 5) is 18.5. The van der Waals surface area contributed by atoms with E-state index in [4.69, 9.17) is 4.74 Å². The van der Waals surface area contributed by atoms with Crippen LogP contribution in [-0.4, -0.2) is 35.5 Å². The lowest BCUT2D eigenvalue weighted by molar-refractivity contribution is -0.132. The average Bonchev–Trinajstić information content (AvgIpc) is 3.19. The van der Waals surface area contributed by atoms with E-state index in [0.717, 1.165) is 38.3 Å². The quantitative estimate of drug-likeness (QED) is 0.854. The van der Waals surface area contributed by atoms with Crippen LogP contribution in [0.15, 0.2) is 24.5 Å². The number of amides is 1. The second-order valence-corrected chi connectivity index (χ2v) is 6.92. The highest BCUT2D eigenvalue weighted by atomic mass is 16.5. The minimum atomic E-state index is 0.181.